The zero-order valence-corrected chi connectivity index (χ0v) is 14.4. The number of phenols is 2. The van der Waals surface area contributed by atoms with E-state index in [1.807, 2.05) is 5.32 Å². The summed E-state index contributed by atoms with van der Waals surface area (Å²) in [5.41, 5.74) is 1.39. The molecule has 3 rings (SSSR count). The fourth-order valence-electron chi connectivity index (χ4n) is 3.02. The summed E-state index contributed by atoms with van der Waals surface area (Å²) in [6.45, 7) is 0.588. The van der Waals surface area contributed by atoms with Gasteiger partial charge in [0.15, 0.2) is 17.5 Å². The van der Waals surface area contributed by atoms with Crippen molar-refractivity contribution in [3.8, 4) is 17.2 Å². The lowest BCUT2D eigenvalue weighted by atomic mass is 10.1. The summed E-state index contributed by atoms with van der Waals surface area (Å²) in [5, 5.41) is 20.7. The molecule has 2 aromatic rings. The molecule has 0 saturated carbocycles. The first-order valence-corrected chi connectivity index (χ1v) is 8.34. The van der Waals surface area contributed by atoms with E-state index in [1.54, 1.807) is 37.4 Å². The van der Waals surface area contributed by atoms with Crippen molar-refractivity contribution in [3.63, 3.8) is 0 Å². The normalized spacial score (nSPS) is 17.0. The van der Waals surface area contributed by atoms with E-state index >= 15 is 0 Å². The average molecular weight is 357 g/mol. The molecular formula is C19H21N2O5+. The van der Waals surface area contributed by atoms with Crippen LogP contribution in [0.5, 0.6) is 17.2 Å². The predicted octanol–water partition coefficient (Wildman–Crippen LogP) is 0.544. The van der Waals surface area contributed by atoms with E-state index in [1.165, 1.54) is 17.0 Å². The van der Waals surface area contributed by atoms with Gasteiger partial charge in [-0.05, 0) is 42.0 Å². The number of hydrogen-bond donors (Lipinski definition) is 3. The first kappa shape index (κ1) is 17.8. The Bertz CT molecular complexity index is 819. The van der Waals surface area contributed by atoms with E-state index in [4.69, 9.17) is 4.74 Å². The van der Waals surface area contributed by atoms with Crippen LogP contribution in [0.3, 0.4) is 0 Å². The largest absolute Gasteiger partial charge is 0.504 e. The van der Waals surface area contributed by atoms with Gasteiger partial charge in [-0.25, -0.2) is 4.90 Å². The average Bonchev–Trinajstić information content (AvgIpc) is 2.92. The van der Waals surface area contributed by atoms with E-state index in [2.05, 4.69) is 0 Å². The van der Waals surface area contributed by atoms with Gasteiger partial charge in [0.2, 0.25) is 5.91 Å². The Hall–Kier alpha value is -3.06. The molecule has 0 aliphatic carbocycles. The van der Waals surface area contributed by atoms with Crippen LogP contribution < -0.4 is 15.0 Å². The number of carbonyl (C=O) groups excluding carboxylic acids is 2. The van der Waals surface area contributed by atoms with Crippen molar-refractivity contribution in [2.75, 3.05) is 18.6 Å². The molecule has 7 nitrogen and oxygen atoms in total. The molecule has 1 heterocycles. The molecule has 0 spiro atoms. The van der Waals surface area contributed by atoms with Gasteiger partial charge in [-0.2, -0.15) is 0 Å². The third-order valence-electron chi connectivity index (χ3n) is 4.44. The maximum atomic E-state index is 12.6. The van der Waals surface area contributed by atoms with Gasteiger partial charge >= 0.3 is 0 Å². The standard InChI is InChI=1S/C19H20N2O5/c1-26-14-5-3-13(4-6-14)21-18(24)11-15(19(21)25)20-9-8-12-2-7-16(22)17(23)10-12/h2-7,10,15,20,22-23H,8-9,11H2,1H3/p+1/t15-/m0/s1. The van der Waals surface area contributed by atoms with Crippen LogP contribution in [0.1, 0.15) is 12.0 Å². The fourth-order valence-corrected chi connectivity index (χ4v) is 3.02. The van der Waals surface area contributed by atoms with Crippen molar-refractivity contribution in [3.05, 3.63) is 48.0 Å². The Morgan fingerprint density at radius 1 is 1.12 bits per heavy atom. The highest BCUT2D eigenvalue weighted by atomic mass is 16.5. The van der Waals surface area contributed by atoms with E-state index in [9.17, 15) is 19.8 Å². The molecule has 1 atom stereocenters. The number of anilines is 1. The van der Waals surface area contributed by atoms with E-state index in [-0.39, 0.29) is 29.7 Å². The summed E-state index contributed by atoms with van der Waals surface area (Å²) in [7, 11) is 1.56. The summed E-state index contributed by atoms with van der Waals surface area (Å²) in [6, 6.07) is 11.0. The Morgan fingerprint density at radius 3 is 2.50 bits per heavy atom. The number of benzene rings is 2. The smallest absolute Gasteiger partial charge is 0.292 e. The Labute approximate surface area is 150 Å². The van der Waals surface area contributed by atoms with Gasteiger partial charge < -0.3 is 20.3 Å². The lowest BCUT2D eigenvalue weighted by molar-refractivity contribution is -0.674. The Kier molecular flexibility index (Phi) is 5.09. The van der Waals surface area contributed by atoms with Crippen molar-refractivity contribution in [1.82, 2.24) is 0 Å². The minimum absolute atomic E-state index is 0.158. The minimum Gasteiger partial charge on any atom is -0.504 e. The van der Waals surface area contributed by atoms with Crippen molar-refractivity contribution < 1.29 is 29.9 Å². The molecule has 1 aliphatic heterocycles. The molecule has 0 radical (unpaired) electrons. The number of rotatable bonds is 6. The zero-order valence-electron chi connectivity index (χ0n) is 14.4. The summed E-state index contributed by atoms with van der Waals surface area (Å²) in [6.07, 6.45) is 0.764. The summed E-state index contributed by atoms with van der Waals surface area (Å²) >= 11 is 0. The molecular weight excluding hydrogens is 336 g/mol. The highest BCUT2D eigenvalue weighted by Gasteiger charge is 2.42. The summed E-state index contributed by atoms with van der Waals surface area (Å²) in [4.78, 5) is 26.1. The van der Waals surface area contributed by atoms with Gasteiger partial charge in [0.25, 0.3) is 5.91 Å². The number of amides is 2. The molecule has 26 heavy (non-hydrogen) atoms. The number of methoxy groups -OCH3 is 1. The second-order valence-electron chi connectivity index (χ2n) is 6.17. The second kappa shape index (κ2) is 7.45. The highest BCUT2D eigenvalue weighted by Crippen LogP contribution is 2.25. The third-order valence-corrected chi connectivity index (χ3v) is 4.44. The van der Waals surface area contributed by atoms with E-state index < -0.39 is 6.04 Å². The molecule has 0 unspecified atom stereocenters. The topological polar surface area (TPSA) is 104 Å². The number of aromatic hydroxyl groups is 2. The van der Waals surface area contributed by atoms with Gasteiger partial charge in [0, 0.05) is 6.42 Å². The molecule has 1 aliphatic rings. The lowest BCUT2D eigenvalue weighted by Gasteiger charge is -2.14. The summed E-state index contributed by atoms with van der Waals surface area (Å²) < 4.78 is 5.09. The number of nitrogens with zero attached hydrogens (tertiary/aromatic N) is 1. The van der Waals surface area contributed by atoms with Crippen molar-refractivity contribution in [2.45, 2.75) is 18.9 Å². The number of phenolic OH excluding ortho intramolecular Hbond substituents is 2. The minimum atomic E-state index is -0.449. The molecule has 7 heteroatoms. The zero-order chi connectivity index (χ0) is 18.7. The molecule has 0 bridgehead atoms. The maximum absolute atomic E-state index is 12.6. The van der Waals surface area contributed by atoms with Crippen molar-refractivity contribution in [1.29, 1.82) is 0 Å². The highest BCUT2D eigenvalue weighted by molar-refractivity contribution is 6.21. The third kappa shape index (κ3) is 3.62. The van der Waals surface area contributed by atoms with Gasteiger partial charge in [0.05, 0.1) is 25.8 Å². The van der Waals surface area contributed by atoms with Crippen molar-refractivity contribution in [2.24, 2.45) is 0 Å². The molecule has 0 aromatic heterocycles. The first-order chi connectivity index (χ1) is 12.5. The monoisotopic (exact) mass is 357 g/mol. The molecule has 4 N–H and O–H groups in total. The van der Waals surface area contributed by atoms with Crippen LogP contribution in [-0.4, -0.2) is 41.7 Å². The maximum Gasteiger partial charge on any atom is 0.292 e. The van der Waals surface area contributed by atoms with Crippen molar-refractivity contribution >= 4 is 17.5 Å². The van der Waals surface area contributed by atoms with E-state index in [0.717, 1.165) is 5.56 Å². The van der Waals surface area contributed by atoms with Gasteiger partial charge in [-0.15, -0.1) is 0 Å². The number of hydrogen-bond acceptors (Lipinski definition) is 5. The lowest BCUT2D eigenvalue weighted by Crippen LogP contribution is -2.92. The van der Waals surface area contributed by atoms with Crippen LogP contribution in [0.2, 0.25) is 0 Å². The quantitative estimate of drug-likeness (QED) is 0.517. The molecule has 1 fully saturated rings. The number of carbonyl (C=O) groups is 2. The fraction of sp³-hybridized carbons (Fsp3) is 0.263. The van der Waals surface area contributed by atoms with Crippen LogP contribution in [0.25, 0.3) is 0 Å². The van der Waals surface area contributed by atoms with Gasteiger partial charge in [0.1, 0.15) is 5.75 Å². The van der Waals surface area contributed by atoms with Gasteiger partial charge in [-0.3, -0.25) is 9.59 Å². The number of ether oxygens (including phenoxy) is 1. The van der Waals surface area contributed by atoms with Crippen LogP contribution in [0, 0.1) is 0 Å². The SMILES string of the molecule is COc1ccc(N2C(=O)C[C@H]([NH2+]CCc3ccc(O)c(O)c3)C2=O)cc1. The second-order valence-corrected chi connectivity index (χ2v) is 6.17. The molecule has 136 valence electrons. The molecule has 1 saturated heterocycles. The summed E-state index contributed by atoms with van der Waals surface area (Å²) in [5.74, 6) is -0.116. The first-order valence-electron chi connectivity index (χ1n) is 8.34. The van der Waals surface area contributed by atoms with Crippen LogP contribution in [0.4, 0.5) is 5.69 Å². The Morgan fingerprint density at radius 2 is 1.85 bits per heavy atom. The molecule has 2 aromatic carbocycles. The number of quaternary nitrogens is 1. The van der Waals surface area contributed by atoms with Crippen LogP contribution >= 0.6 is 0 Å². The van der Waals surface area contributed by atoms with Gasteiger partial charge in [-0.1, -0.05) is 6.07 Å². The Balaban J connectivity index is 1.60. The molecule has 2 amide bonds. The number of nitrogens with two attached hydrogens (primary N) is 1. The number of imide groups is 1. The van der Waals surface area contributed by atoms with Crippen LogP contribution in [-0.2, 0) is 16.0 Å². The van der Waals surface area contributed by atoms with Crippen LogP contribution in [0.15, 0.2) is 42.5 Å². The predicted molar refractivity (Wildman–Crippen MR) is 94.2 cm³/mol. The van der Waals surface area contributed by atoms with E-state index in [0.29, 0.717) is 24.4 Å².